The molecule has 0 radical (unpaired) electrons. The van der Waals surface area contributed by atoms with Crippen LogP contribution < -0.4 is 0 Å². The van der Waals surface area contributed by atoms with E-state index < -0.39 is 16.8 Å². The zero-order valence-corrected chi connectivity index (χ0v) is 15.3. The molecule has 7 rings (SSSR count). The van der Waals surface area contributed by atoms with E-state index in [1.807, 2.05) is 6.92 Å². The zero-order chi connectivity index (χ0) is 18.6. The van der Waals surface area contributed by atoms with Gasteiger partial charge in [-0.05, 0) is 30.8 Å². The number of fused-ring (bicyclic) bond motifs is 4. The molecule has 5 fully saturated rings. The van der Waals surface area contributed by atoms with Gasteiger partial charge >= 0.3 is 5.97 Å². The van der Waals surface area contributed by atoms with E-state index in [0.29, 0.717) is 19.4 Å². The topological polar surface area (TPSA) is 101 Å². The molecule has 27 heavy (non-hydrogen) atoms. The van der Waals surface area contributed by atoms with Crippen molar-refractivity contribution in [2.75, 3.05) is 13.2 Å². The van der Waals surface area contributed by atoms with Crippen molar-refractivity contribution in [3.05, 3.63) is 11.1 Å². The van der Waals surface area contributed by atoms with Gasteiger partial charge in [-0.25, -0.2) is 4.79 Å². The van der Waals surface area contributed by atoms with Crippen LogP contribution in [0.4, 0.5) is 0 Å². The molecule has 0 unspecified atom stereocenters. The highest BCUT2D eigenvalue weighted by molar-refractivity contribution is 6.05. The lowest BCUT2D eigenvalue weighted by molar-refractivity contribution is -0.140. The van der Waals surface area contributed by atoms with E-state index >= 15 is 0 Å². The maximum atomic E-state index is 13.7. The van der Waals surface area contributed by atoms with Gasteiger partial charge in [0.15, 0.2) is 11.2 Å². The minimum absolute atomic E-state index is 0.0292. The average Bonchev–Trinajstić information content (AvgIpc) is 3.54. The van der Waals surface area contributed by atoms with E-state index in [1.54, 1.807) is 0 Å². The van der Waals surface area contributed by atoms with E-state index in [1.165, 1.54) is 0 Å². The lowest BCUT2D eigenvalue weighted by Crippen LogP contribution is -2.67. The van der Waals surface area contributed by atoms with Crippen LogP contribution in [-0.2, 0) is 28.5 Å². The molecule has 0 aromatic carbocycles. The lowest BCUT2D eigenvalue weighted by Gasteiger charge is -2.51. The second-order valence-electron chi connectivity index (χ2n) is 9.65. The molecular weight excluding hydrogens is 352 g/mol. The van der Waals surface area contributed by atoms with Gasteiger partial charge in [-0.2, -0.15) is 0 Å². The Bertz CT molecular complexity index is 880. The number of esters is 1. The maximum absolute atomic E-state index is 13.7. The molecule has 0 aromatic rings. The summed E-state index contributed by atoms with van der Waals surface area (Å²) in [6.45, 7) is 4.31. The minimum atomic E-state index is -0.955. The Hall–Kier alpha value is -1.28. The van der Waals surface area contributed by atoms with Crippen molar-refractivity contribution in [1.29, 1.82) is 0 Å². The molecule has 0 amide bonds. The monoisotopic (exact) mass is 374 g/mol. The number of aliphatic hydroxyl groups excluding tert-OH is 1. The van der Waals surface area contributed by atoms with Crippen LogP contribution in [0.3, 0.4) is 0 Å². The van der Waals surface area contributed by atoms with E-state index in [4.69, 9.17) is 18.9 Å². The predicted octanol–water partition coefficient (Wildman–Crippen LogP) is 0.284. The molecule has 7 nitrogen and oxygen atoms in total. The number of ketones is 1. The molecule has 4 heterocycles. The molecule has 3 aliphatic carbocycles. The summed E-state index contributed by atoms with van der Waals surface area (Å²) in [6, 6.07) is 0. The van der Waals surface area contributed by atoms with Gasteiger partial charge in [-0.15, -0.1) is 0 Å². The molecule has 2 spiro atoms. The van der Waals surface area contributed by atoms with Crippen LogP contribution in [0.15, 0.2) is 11.1 Å². The second-order valence-corrected chi connectivity index (χ2v) is 9.65. The van der Waals surface area contributed by atoms with Gasteiger partial charge in [0.2, 0.25) is 5.78 Å². The fourth-order valence-corrected chi connectivity index (χ4v) is 7.44. The third-order valence-corrected chi connectivity index (χ3v) is 8.97. The number of cyclic esters (lactones) is 1. The van der Waals surface area contributed by atoms with Gasteiger partial charge in [-0.1, -0.05) is 13.8 Å². The number of aliphatic hydroxyl groups is 1. The van der Waals surface area contributed by atoms with Crippen LogP contribution in [0.1, 0.15) is 33.1 Å². The summed E-state index contributed by atoms with van der Waals surface area (Å²) < 4.78 is 23.9. The van der Waals surface area contributed by atoms with Crippen molar-refractivity contribution in [1.82, 2.24) is 0 Å². The molecule has 4 aliphatic heterocycles. The Morgan fingerprint density at radius 2 is 2.04 bits per heavy atom. The molecule has 3 saturated heterocycles. The normalized spacial score (nSPS) is 59.5. The van der Waals surface area contributed by atoms with Crippen molar-refractivity contribution in [3.8, 4) is 0 Å². The minimum Gasteiger partial charge on any atom is -0.458 e. The van der Waals surface area contributed by atoms with Gasteiger partial charge < -0.3 is 24.1 Å². The summed E-state index contributed by atoms with van der Waals surface area (Å²) in [4.78, 5) is 25.8. The summed E-state index contributed by atoms with van der Waals surface area (Å²) >= 11 is 0. The number of carbonyl (C=O) groups is 2. The third kappa shape index (κ3) is 1.26. The number of epoxide rings is 3. The molecule has 9 atom stereocenters. The smallest absolute Gasteiger partial charge is 0.334 e. The highest BCUT2D eigenvalue weighted by Crippen LogP contribution is 2.81. The third-order valence-electron chi connectivity index (χ3n) is 8.97. The highest BCUT2D eigenvalue weighted by atomic mass is 16.7. The Balaban J connectivity index is 1.37. The number of Topliss-reactive ketones (excluding diaryl/α,β-unsaturated/α-hetero) is 1. The lowest BCUT2D eigenvalue weighted by atomic mass is 9.47. The van der Waals surface area contributed by atoms with Crippen LogP contribution in [0, 0.1) is 17.3 Å². The summed E-state index contributed by atoms with van der Waals surface area (Å²) in [5, 5.41) is 9.69. The Morgan fingerprint density at radius 1 is 1.22 bits per heavy atom. The molecule has 0 bridgehead atoms. The molecule has 144 valence electrons. The first-order valence-corrected chi connectivity index (χ1v) is 9.96. The van der Waals surface area contributed by atoms with Crippen molar-refractivity contribution < 1.29 is 33.6 Å². The first-order valence-electron chi connectivity index (χ1n) is 9.96. The number of carbonyl (C=O) groups excluding carboxylic acids is 2. The fourth-order valence-electron chi connectivity index (χ4n) is 7.44. The maximum Gasteiger partial charge on any atom is 0.334 e. The van der Waals surface area contributed by atoms with Crippen molar-refractivity contribution >= 4 is 11.8 Å². The standard InChI is InChI=1S/C20H22O7/c1-8(6-21)18-13(26-18)14-20(27-14)17(2)4-3-9-10(7-24-15(9)22)11(17)5-12-19(20,25-12)16(18)23/h8,11-14,21H,3-7H2,1-2H3/t8-,11-,12-,13-,14-,17-,18-,19+,20+/m0/s1. The van der Waals surface area contributed by atoms with E-state index in [2.05, 4.69) is 6.92 Å². The number of hydrogen-bond acceptors (Lipinski definition) is 7. The van der Waals surface area contributed by atoms with E-state index in [9.17, 15) is 14.7 Å². The first-order chi connectivity index (χ1) is 12.9. The number of rotatable bonds is 2. The molecule has 1 N–H and O–H groups in total. The molecule has 7 heteroatoms. The van der Waals surface area contributed by atoms with Gasteiger partial charge in [0.25, 0.3) is 0 Å². The highest BCUT2D eigenvalue weighted by Gasteiger charge is 3.01. The van der Waals surface area contributed by atoms with E-state index in [0.717, 1.165) is 17.6 Å². The first kappa shape index (κ1) is 15.6. The molecule has 2 saturated carbocycles. The Morgan fingerprint density at radius 3 is 2.81 bits per heavy atom. The Kier molecular flexibility index (Phi) is 2.33. The fraction of sp³-hybridized carbons (Fsp3) is 0.800. The van der Waals surface area contributed by atoms with Crippen LogP contribution >= 0.6 is 0 Å². The van der Waals surface area contributed by atoms with Gasteiger partial charge in [0.1, 0.15) is 24.4 Å². The average molecular weight is 374 g/mol. The second kappa shape index (κ2) is 4.03. The van der Waals surface area contributed by atoms with Gasteiger partial charge in [0.05, 0.1) is 6.10 Å². The van der Waals surface area contributed by atoms with Crippen LogP contribution in [0.25, 0.3) is 0 Å². The zero-order valence-electron chi connectivity index (χ0n) is 15.3. The number of ether oxygens (including phenoxy) is 4. The summed E-state index contributed by atoms with van der Waals surface area (Å²) in [5.74, 6) is -0.359. The summed E-state index contributed by atoms with van der Waals surface area (Å²) in [6.07, 6.45) is 1.48. The summed E-state index contributed by atoms with van der Waals surface area (Å²) in [7, 11) is 0. The SMILES string of the molecule is C[C@@H](CO)[C@]12O[C@H]1[C@@H]1O[C@@]13[C@@]1(C)CCC4=C(COC4=O)[C@@H]1C[C@@H]1O[C@@]13C2=O. The van der Waals surface area contributed by atoms with Crippen molar-refractivity contribution in [2.24, 2.45) is 17.3 Å². The quantitative estimate of drug-likeness (QED) is 0.547. The predicted molar refractivity (Wildman–Crippen MR) is 87.5 cm³/mol. The van der Waals surface area contributed by atoms with Crippen molar-refractivity contribution in [3.63, 3.8) is 0 Å². The van der Waals surface area contributed by atoms with Crippen LogP contribution in [-0.4, -0.2) is 65.2 Å². The Labute approximate surface area is 156 Å². The molecule has 0 aromatic heterocycles. The number of hydrogen-bond donors (Lipinski definition) is 1. The largest absolute Gasteiger partial charge is 0.458 e. The van der Waals surface area contributed by atoms with E-state index in [-0.39, 0.29) is 53.9 Å². The molecule has 7 aliphatic rings. The van der Waals surface area contributed by atoms with Crippen molar-refractivity contribution in [2.45, 2.75) is 68.2 Å². The molecular formula is C20H22O7. The van der Waals surface area contributed by atoms with Gasteiger partial charge in [-0.3, -0.25) is 4.79 Å². The van der Waals surface area contributed by atoms with Crippen LogP contribution in [0.2, 0.25) is 0 Å². The van der Waals surface area contributed by atoms with Crippen LogP contribution in [0.5, 0.6) is 0 Å². The van der Waals surface area contributed by atoms with Gasteiger partial charge in [0, 0.05) is 23.5 Å². The summed E-state index contributed by atoms with van der Waals surface area (Å²) in [5.41, 5.74) is -0.940.